The Morgan fingerprint density at radius 2 is 2.00 bits per heavy atom. The smallest absolute Gasteiger partial charge is 0.283 e. The lowest BCUT2D eigenvalue weighted by Crippen LogP contribution is -2.12. The Kier molecular flexibility index (Phi) is 4.37. The number of hydrogen-bond donors (Lipinski definition) is 1. The Labute approximate surface area is 146 Å². The third kappa shape index (κ3) is 3.17. The van der Waals surface area contributed by atoms with Crippen LogP contribution in [0.5, 0.6) is 0 Å². The van der Waals surface area contributed by atoms with Crippen molar-refractivity contribution in [1.29, 1.82) is 0 Å². The Hall–Kier alpha value is -2.64. The number of rotatable bonds is 4. The van der Waals surface area contributed by atoms with E-state index < -0.39 is 10.8 Å². The molecule has 0 radical (unpaired) electrons. The lowest BCUT2D eigenvalue weighted by molar-refractivity contribution is -0.385. The SMILES string of the molecule is Cc1sc(C(=O)Nc2ccc(Cl)cc2-n2cccc2)cc1[N+](=O)[O-]. The van der Waals surface area contributed by atoms with Gasteiger partial charge >= 0.3 is 0 Å². The van der Waals surface area contributed by atoms with Crippen LogP contribution in [0.25, 0.3) is 5.69 Å². The summed E-state index contributed by atoms with van der Waals surface area (Å²) in [5.41, 5.74) is 1.23. The topological polar surface area (TPSA) is 77.2 Å². The van der Waals surface area contributed by atoms with Gasteiger partial charge in [-0.2, -0.15) is 0 Å². The summed E-state index contributed by atoms with van der Waals surface area (Å²) in [5, 5.41) is 14.3. The van der Waals surface area contributed by atoms with Crippen LogP contribution in [0.4, 0.5) is 11.4 Å². The lowest BCUT2D eigenvalue weighted by Gasteiger charge is -2.12. The molecule has 1 N–H and O–H groups in total. The quantitative estimate of drug-likeness (QED) is 0.542. The number of aromatic nitrogens is 1. The number of carbonyl (C=O) groups excluding carboxylic acids is 1. The van der Waals surface area contributed by atoms with Gasteiger partial charge in [0.2, 0.25) is 0 Å². The molecule has 1 amide bonds. The second kappa shape index (κ2) is 6.46. The van der Waals surface area contributed by atoms with Crippen LogP contribution in [0.3, 0.4) is 0 Å². The first-order valence-corrected chi connectivity index (χ1v) is 8.14. The number of nitrogens with one attached hydrogen (secondary N) is 1. The van der Waals surface area contributed by atoms with E-state index in [4.69, 9.17) is 11.6 Å². The minimum Gasteiger partial charge on any atom is -0.322 e. The van der Waals surface area contributed by atoms with Gasteiger partial charge < -0.3 is 9.88 Å². The summed E-state index contributed by atoms with van der Waals surface area (Å²) in [6.45, 7) is 1.62. The molecule has 0 unspecified atom stereocenters. The standard InChI is InChI=1S/C16H12ClN3O3S/c1-10-13(20(22)23)9-15(24-10)16(21)18-12-5-4-11(17)8-14(12)19-6-2-3-7-19/h2-9H,1H3,(H,18,21). The fraction of sp³-hybridized carbons (Fsp3) is 0.0625. The van der Waals surface area contributed by atoms with Gasteiger partial charge in [0.15, 0.2) is 0 Å². The highest BCUT2D eigenvalue weighted by atomic mass is 35.5. The molecular weight excluding hydrogens is 350 g/mol. The molecule has 6 nitrogen and oxygen atoms in total. The largest absolute Gasteiger partial charge is 0.322 e. The molecule has 0 saturated heterocycles. The van der Waals surface area contributed by atoms with E-state index in [1.165, 1.54) is 6.07 Å². The number of thiophene rings is 1. The van der Waals surface area contributed by atoms with Crippen molar-refractivity contribution in [2.75, 3.05) is 5.32 Å². The zero-order valence-corrected chi connectivity index (χ0v) is 14.1. The monoisotopic (exact) mass is 361 g/mol. The molecule has 0 fully saturated rings. The highest BCUT2D eigenvalue weighted by molar-refractivity contribution is 7.14. The summed E-state index contributed by atoms with van der Waals surface area (Å²) < 4.78 is 1.82. The highest BCUT2D eigenvalue weighted by Crippen LogP contribution is 2.30. The summed E-state index contributed by atoms with van der Waals surface area (Å²) in [7, 11) is 0. The summed E-state index contributed by atoms with van der Waals surface area (Å²) >= 11 is 7.14. The molecule has 0 aliphatic heterocycles. The van der Waals surface area contributed by atoms with Gasteiger partial charge in [0, 0.05) is 23.5 Å². The normalized spacial score (nSPS) is 10.6. The van der Waals surface area contributed by atoms with Crippen molar-refractivity contribution in [3.8, 4) is 5.69 Å². The van der Waals surface area contributed by atoms with E-state index in [1.54, 1.807) is 25.1 Å². The van der Waals surface area contributed by atoms with E-state index in [0.29, 0.717) is 21.3 Å². The molecule has 122 valence electrons. The second-order valence-corrected chi connectivity index (χ2v) is 6.71. The van der Waals surface area contributed by atoms with Crippen LogP contribution < -0.4 is 5.32 Å². The fourth-order valence-corrected chi connectivity index (χ4v) is 3.32. The van der Waals surface area contributed by atoms with Crippen molar-refractivity contribution in [3.63, 3.8) is 0 Å². The number of hydrogen-bond acceptors (Lipinski definition) is 4. The van der Waals surface area contributed by atoms with Gasteiger partial charge in [-0.25, -0.2) is 0 Å². The third-order valence-corrected chi connectivity index (χ3v) is 4.68. The molecule has 0 aliphatic carbocycles. The van der Waals surface area contributed by atoms with E-state index in [-0.39, 0.29) is 10.6 Å². The minimum absolute atomic E-state index is 0.0492. The number of nitrogens with zero attached hydrogens (tertiary/aromatic N) is 2. The van der Waals surface area contributed by atoms with Crippen LogP contribution in [0.2, 0.25) is 5.02 Å². The number of anilines is 1. The van der Waals surface area contributed by atoms with Crippen LogP contribution in [0.15, 0.2) is 48.8 Å². The van der Waals surface area contributed by atoms with Crippen molar-refractivity contribution in [1.82, 2.24) is 4.57 Å². The summed E-state index contributed by atoms with van der Waals surface area (Å²) in [4.78, 5) is 23.7. The number of halogens is 1. The molecule has 0 spiro atoms. The predicted octanol–water partition coefficient (Wildman–Crippen LogP) is 4.66. The Morgan fingerprint density at radius 3 is 2.62 bits per heavy atom. The molecule has 1 aromatic carbocycles. The maximum absolute atomic E-state index is 12.4. The Balaban J connectivity index is 1.93. The Bertz CT molecular complexity index is 919. The van der Waals surface area contributed by atoms with Crippen molar-refractivity contribution in [2.24, 2.45) is 0 Å². The van der Waals surface area contributed by atoms with Crippen molar-refractivity contribution in [3.05, 3.63) is 73.7 Å². The second-order valence-electron chi connectivity index (χ2n) is 5.02. The average molecular weight is 362 g/mol. The van der Waals surface area contributed by atoms with Gasteiger partial charge in [0.05, 0.1) is 26.1 Å². The van der Waals surface area contributed by atoms with Gasteiger partial charge in [-0.05, 0) is 37.3 Å². The molecule has 3 rings (SSSR count). The van der Waals surface area contributed by atoms with E-state index in [1.807, 2.05) is 29.1 Å². The van der Waals surface area contributed by atoms with E-state index >= 15 is 0 Å². The summed E-state index contributed by atoms with van der Waals surface area (Å²) in [5.74, 6) is -0.396. The molecule has 0 atom stereocenters. The van der Waals surface area contributed by atoms with E-state index in [0.717, 1.165) is 11.3 Å². The van der Waals surface area contributed by atoms with Crippen molar-refractivity contribution >= 4 is 40.2 Å². The average Bonchev–Trinajstić information content (AvgIpc) is 3.18. The zero-order chi connectivity index (χ0) is 17.3. The highest BCUT2D eigenvalue weighted by Gasteiger charge is 2.20. The van der Waals surface area contributed by atoms with Crippen LogP contribution in [0.1, 0.15) is 14.5 Å². The molecule has 24 heavy (non-hydrogen) atoms. The summed E-state index contributed by atoms with van der Waals surface area (Å²) in [6, 6.07) is 10.1. The van der Waals surface area contributed by atoms with E-state index in [9.17, 15) is 14.9 Å². The van der Waals surface area contributed by atoms with Gasteiger partial charge in [-0.3, -0.25) is 14.9 Å². The Morgan fingerprint density at radius 1 is 1.29 bits per heavy atom. The third-order valence-electron chi connectivity index (χ3n) is 3.40. The number of amides is 1. The van der Waals surface area contributed by atoms with Crippen LogP contribution >= 0.6 is 22.9 Å². The van der Waals surface area contributed by atoms with Gasteiger partial charge in [-0.1, -0.05) is 11.6 Å². The first-order chi connectivity index (χ1) is 11.5. The van der Waals surface area contributed by atoms with Crippen molar-refractivity contribution in [2.45, 2.75) is 6.92 Å². The number of nitro groups is 1. The molecule has 2 aromatic heterocycles. The molecule has 3 aromatic rings. The van der Waals surface area contributed by atoms with E-state index in [2.05, 4.69) is 5.32 Å². The molecule has 2 heterocycles. The van der Waals surface area contributed by atoms with Crippen molar-refractivity contribution < 1.29 is 9.72 Å². The molecule has 0 bridgehead atoms. The molecule has 8 heteroatoms. The fourth-order valence-electron chi connectivity index (χ4n) is 2.27. The van der Waals surface area contributed by atoms with Crippen LogP contribution in [0, 0.1) is 17.0 Å². The van der Waals surface area contributed by atoms with Crippen LogP contribution in [-0.4, -0.2) is 15.4 Å². The van der Waals surface area contributed by atoms with Gasteiger partial charge in [0.25, 0.3) is 11.6 Å². The lowest BCUT2D eigenvalue weighted by atomic mass is 10.2. The maximum atomic E-state index is 12.4. The van der Waals surface area contributed by atoms with Crippen LogP contribution in [-0.2, 0) is 0 Å². The van der Waals surface area contributed by atoms with Gasteiger partial charge in [0.1, 0.15) is 0 Å². The summed E-state index contributed by atoms with van der Waals surface area (Å²) in [6.07, 6.45) is 3.67. The molecule has 0 saturated carbocycles. The first-order valence-electron chi connectivity index (χ1n) is 6.95. The number of carbonyl (C=O) groups is 1. The number of benzene rings is 1. The molecular formula is C16H12ClN3O3S. The first kappa shape index (κ1) is 16.2. The predicted molar refractivity (Wildman–Crippen MR) is 94.4 cm³/mol. The number of aryl methyl sites for hydroxylation is 1. The maximum Gasteiger partial charge on any atom is 0.283 e. The zero-order valence-electron chi connectivity index (χ0n) is 12.5. The molecule has 0 aliphatic rings. The van der Waals surface area contributed by atoms with Gasteiger partial charge in [-0.15, -0.1) is 11.3 Å². The minimum atomic E-state index is -0.490.